The maximum absolute atomic E-state index is 15.1. The largest absolute Gasteiger partial charge is 0.488 e. The molecule has 7 heterocycles. The number of aryl methyl sites for hydroxylation is 1. The molecule has 4 aliphatic rings. The van der Waals surface area contributed by atoms with Crippen molar-refractivity contribution in [1.29, 1.82) is 0 Å². The second-order valence-corrected chi connectivity index (χ2v) is 14.3. The van der Waals surface area contributed by atoms with Crippen LogP contribution in [0.4, 0.5) is 20.4 Å². The van der Waals surface area contributed by atoms with Gasteiger partial charge in [-0.3, -0.25) is 4.79 Å². The number of hydrogen-bond acceptors (Lipinski definition) is 10. The molecule has 1 saturated carbocycles. The van der Waals surface area contributed by atoms with Gasteiger partial charge in [-0.1, -0.05) is 6.07 Å². The molecule has 1 aliphatic carbocycles. The summed E-state index contributed by atoms with van der Waals surface area (Å²) in [6, 6.07) is 12.3. The summed E-state index contributed by atoms with van der Waals surface area (Å²) in [5.74, 6) is 1.49. The van der Waals surface area contributed by atoms with E-state index in [9.17, 15) is 9.18 Å². The summed E-state index contributed by atoms with van der Waals surface area (Å²) in [6.45, 7) is 4.21. The molecule has 15 heteroatoms. The van der Waals surface area contributed by atoms with E-state index < -0.39 is 17.7 Å². The molecule has 6 bridgehead atoms. The SMILES string of the molecule is Cc1nc2cc(F)cc3c2n1C[C@H]1CN(CCCO1)C(=O)[C@@H]1C[C@@H](CN1c1ncnc2c1cnn2-c1ccc(F)cc1OC1CC1)Nc1cccc-3n1. The number of benzene rings is 2. The summed E-state index contributed by atoms with van der Waals surface area (Å²) in [5.41, 5.74) is 3.65. The summed E-state index contributed by atoms with van der Waals surface area (Å²) >= 11 is 0. The standard InChI is InChI=1S/C38H36F2N10O3/c1-21-44-30-13-23(40)12-27-29-4-2-5-34(46-29)45-24-15-32(38(51)47-10-3-11-52-26(18-47)19-48(21)35(27)30)49(17-24)36-28-16-43-50(37(28)42-20-41-36)31-9-6-22(39)14-33(31)53-25-7-8-25/h2,4-6,9,12-14,16,20,24-26,32H,3,7-8,10-11,15,17-19H2,1H3,(H,45,46)/t24-,26+,32-/m0/s1. The molecule has 0 spiro atoms. The monoisotopic (exact) mass is 718 g/mol. The van der Waals surface area contributed by atoms with Crippen molar-refractivity contribution in [3.8, 4) is 22.7 Å². The smallest absolute Gasteiger partial charge is 0.245 e. The molecule has 0 unspecified atom stereocenters. The van der Waals surface area contributed by atoms with Crippen LogP contribution in [0, 0.1) is 18.6 Å². The van der Waals surface area contributed by atoms with Crippen LogP contribution >= 0.6 is 0 Å². The molecular formula is C38H36F2N10O3. The van der Waals surface area contributed by atoms with Crippen LogP contribution in [0.25, 0.3) is 39.0 Å². The number of aromatic nitrogens is 7. The number of anilines is 2. The molecule has 4 aromatic heterocycles. The van der Waals surface area contributed by atoms with Crippen molar-refractivity contribution in [3.63, 3.8) is 0 Å². The first kappa shape index (κ1) is 32.0. The van der Waals surface area contributed by atoms with Gasteiger partial charge in [0.2, 0.25) is 5.91 Å². The van der Waals surface area contributed by atoms with Crippen LogP contribution in [-0.4, -0.2) is 95.6 Å². The number of nitrogens with zero attached hydrogens (tertiary/aromatic N) is 9. The summed E-state index contributed by atoms with van der Waals surface area (Å²) in [5, 5.41) is 8.91. The lowest BCUT2D eigenvalue weighted by molar-refractivity contribution is -0.133. The highest BCUT2D eigenvalue weighted by atomic mass is 19.1. The molecule has 53 heavy (non-hydrogen) atoms. The maximum Gasteiger partial charge on any atom is 0.245 e. The number of carbonyl (C=O) groups is 1. The van der Waals surface area contributed by atoms with Gasteiger partial charge in [0.15, 0.2) is 5.65 Å². The number of halogens is 2. The van der Waals surface area contributed by atoms with Crippen LogP contribution in [0.15, 0.2) is 61.1 Å². The van der Waals surface area contributed by atoms with E-state index in [1.54, 1.807) is 16.9 Å². The van der Waals surface area contributed by atoms with Gasteiger partial charge in [0, 0.05) is 50.0 Å². The Morgan fingerprint density at radius 3 is 2.79 bits per heavy atom. The van der Waals surface area contributed by atoms with Crippen molar-refractivity contribution in [1.82, 2.24) is 39.2 Å². The molecule has 1 N–H and O–H groups in total. The predicted molar refractivity (Wildman–Crippen MR) is 192 cm³/mol. The summed E-state index contributed by atoms with van der Waals surface area (Å²) < 4.78 is 45.5. The van der Waals surface area contributed by atoms with E-state index in [1.165, 1.54) is 30.6 Å². The Hall–Kier alpha value is -5.70. The Balaban J connectivity index is 1.07. The van der Waals surface area contributed by atoms with Crippen LogP contribution in [0.2, 0.25) is 0 Å². The molecule has 1 amide bonds. The van der Waals surface area contributed by atoms with E-state index in [2.05, 4.69) is 20.0 Å². The number of imidazole rings is 1. The topological polar surface area (TPSA) is 128 Å². The summed E-state index contributed by atoms with van der Waals surface area (Å²) in [7, 11) is 0. The van der Waals surface area contributed by atoms with Crippen molar-refractivity contribution >= 4 is 39.6 Å². The van der Waals surface area contributed by atoms with Crippen molar-refractivity contribution in [2.24, 2.45) is 0 Å². The van der Waals surface area contributed by atoms with Crippen molar-refractivity contribution < 1.29 is 23.0 Å². The Morgan fingerprint density at radius 1 is 1.00 bits per heavy atom. The zero-order valence-electron chi connectivity index (χ0n) is 29.0. The van der Waals surface area contributed by atoms with Gasteiger partial charge >= 0.3 is 0 Å². The van der Waals surface area contributed by atoms with E-state index in [0.717, 1.165) is 24.2 Å². The summed E-state index contributed by atoms with van der Waals surface area (Å²) in [4.78, 5) is 37.7. The van der Waals surface area contributed by atoms with Crippen LogP contribution < -0.4 is 15.0 Å². The minimum absolute atomic E-state index is 0.0193. The van der Waals surface area contributed by atoms with Gasteiger partial charge in [0.25, 0.3) is 0 Å². The first-order chi connectivity index (χ1) is 25.9. The second-order valence-electron chi connectivity index (χ2n) is 14.3. The van der Waals surface area contributed by atoms with Gasteiger partial charge in [-0.05, 0) is 62.9 Å². The van der Waals surface area contributed by atoms with E-state index >= 15 is 4.39 Å². The first-order valence-electron chi connectivity index (χ1n) is 18.1. The molecule has 10 rings (SSSR count). The average Bonchev–Trinajstić information content (AvgIpc) is 3.67. The Kier molecular flexibility index (Phi) is 7.52. The van der Waals surface area contributed by atoms with Crippen LogP contribution in [0.5, 0.6) is 5.75 Å². The lowest BCUT2D eigenvalue weighted by Gasteiger charge is -2.31. The van der Waals surface area contributed by atoms with E-state index in [0.29, 0.717) is 96.5 Å². The molecule has 3 aliphatic heterocycles. The number of hydrogen-bond donors (Lipinski definition) is 1. The third-order valence-corrected chi connectivity index (χ3v) is 10.6. The number of rotatable bonds is 4. The van der Waals surface area contributed by atoms with E-state index in [-0.39, 0.29) is 24.2 Å². The van der Waals surface area contributed by atoms with E-state index in [1.807, 2.05) is 34.9 Å². The Labute approximate surface area is 302 Å². The molecule has 2 aromatic carbocycles. The molecule has 6 aromatic rings. The van der Waals surface area contributed by atoms with Gasteiger partial charge in [-0.15, -0.1) is 0 Å². The van der Waals surface area contributed by atoms with Crippen LogP contribution in [-0.2, 0) is 16.1 Å². The number of amides is 1. The second kappa shape index (κ2) is 12.5. The fraction of sp³-hybridized carbons (Fsp3) is 0.368. The molecule has 3 fully saturated rings. The quantitative estimate of drug-likeness (QED) is 0.265. The maximum atomic E-state index is 15.1. The molecular weight excluding hydrogens is 682 g/mol. The molecule has 0 radical (unpaired) electrons. The lowest BCUT2D eigenvalue weighted by Crippen LogP contribution is -2.48. The molecule has 13 nitrogen and oxygen atoms in total. The lowest BCUT2D eigenvalue weighted by atomic mass is 10.1. The van der Waals surface area contributed by atoms with Gasteiger partial charge in [0.05, 0.1) is 47.1 Å². The number of fused-ring (bicyclic) bond motifs is 8. The highest BCUT2D eigenvalue weighted by Crippen LogP contribution is 2.37. The molecule has 270 valence electrons. The minimum atomic E-state index is -0.562. The fourth-order valence-corrected chi connectivity index (χ4v) is 8.03. The van der Waals surface area contributed by atoms with Crippen molar-refractivity contribution in [2.75, 3.05) is 36.5 Å². The number of pyridine rings is 1. The highest BCUT2D eigenvalue weighted by molar-refractivity contribution is 5.94. The van der Waals surface area contributed by atoms with Crippen LogP contribution in [0.3, 0.4) is 0 Å². The third-order valence-electron chi connectivity index (χ3n) is 10.6. The van der Waals surface area contributed by atoms with E-state index in [4.69, 9.17) is 24.4 Å². The van der Waals surface area contributed by atoms with Gasteiger partial charge < -0.3 is 29.2 Å². The number of carbonyl (C=O) groups excluding carboxylic acids is 1. The Bertz CT molecular complexity index is 2410. The highest BCUT2D eigenvalue weighted by Gasteiger charge is 2.42. The zero-order valence-corrected chi connectivity index (χ0v) is 29.0. The number of ether oxygens (including phenoxy) is 2. The fourth-order valence-electron chi connectivity index (χ4n) is 8.03. The van der Waals surface area contributed by atoms with Gasteiger partial charge in [-0.25, -0.2) is 33.4 Å². The Morgan fingerprint density at radius 2 is 1.91 bits per heavy atom. The average molecular weight is 719 g/mol. The normalized spacial score (nSPS) is 21.7. The zero-order chi connectivity index (χ0) is 35.8. The minimum Gasteiger partial charge on any atom is -0.488 e. The summed E-state index contributed by atoms with van der Waals surface area (Å²) in [6.07, 6.45) is 5.91. The molecule has 2 saturated heterocycles. The van der Waals surface area contributed by atoms with Gasteiger partial charge in [-0.2, -0.15) is 5.10 Å². The molecule has 3 atom stereocenters. The van der Waals surface area contributed by atoms with Gasteiger partial charge in [0.1, 0.15) is 52.9 Å². The van der Waals surface area contributed by atoms with Crippen molar-refractivity contribution in [2.45, 2.75) is 63.4 Å². The third kappa shape index (κ3) is 5.70. The van der Waals surface area contributed by atoms with Crippen LogP contribution in [0.1, 0.15) is 31.5 Å². The van der Waals surface area contributed by atoms with Crippen molar-refractivity contribution in [3.05, 3.63) is 78.5 Å². The predicted octanol–water partition coefficient (Wildman–Crippen LogP) is 5.05. The first-order valence-corrected chi connectivity index (χ1v) is 18.1. The number of nitrogens with one attached hydrogen (secondary N) is 1.